The molecule has 0 spiro atoms. The van der Waals surface area contributed by atoms with Gasteiger partial charge in [-0.25, -0.2) is 0 Å². The van der Waals surface area contributed by atoms with Crippen molar-refractivity contribution in [2.45, 2.75) is 39.0 Å². The Labute approximate surface area is 304 Å². The standard InChI is InChI=1S/C50H39NO/c1-4-50-26-12-19-45-47(50)43(40-17-10-11-18-44(40)49(45,2)3)29-37(30-50)51-46-25-22-35(28-42(46)41-24-20-33-15-8-9-16-39(33)48(41)51)34-21-23-38(36(27-34)31-52)32-13-6-5-7-14-32/h5-29,31H,4,30H2,1-3H3. The molecule has 0 fully saturated rings. The summed E-state index contributed by atoms with van der Waals surface area (Å²) in [7, 11) is 0. The third kappa shape index (κ3) is 4.27. The molecule has 1 aromatic heterocycles. The maximum Gasteiger partial charge on any atom is 0.150 e. The van der Waals surface area contributed by atoms with E-state index in [2.05, 4.69) is 153 Å². The van der Waals surface area contributed by atoms with Gasteiger partial charge in [0.25, 0.3) is 0 Å². The van der Waals surface area contributed by atoms with E-state index in [1.54, 1.807) is 0 Å². The van der Waals surface area contributed by atoms with Crippen molar-refractivity contribution < 1.29 is 4.79 Å². The first-order valence-corrected chi connectivity index (χ1v) is 18.5. The molecule has 0 N–H and O–H groups in total. The van der Waals surface area contributed by atoms with Gasteiger partial charge in [0, 0.05) is 44.7 Å². The molecule has 52 heavy (non-hydrogen) atoms. The van der Waals surface area contributed by atoms with Gasteiger partial charge in [-0.3, -0.25) is 4.79 Å². The number of carbonyl (C=O) groups excluding carboxylic acids is 1. The van der Waals surface area contributed by atoms with Crippen LogP contribution < -0.4 is 0 Å². The Bertz CT molecular complexity index is 2780. The van der Waals surface area contributed by atoms with E-state index in [1.165, 1.54) is 66.1 Å². The zero-order valence-corrected chi connectivity index (χ0v) is 29.8. The van der Waals surface area contributed by atoms with Crippen molar-refractivity contribution in [1.82, 2.24) is 4.57 Å². The second-order valence-corrected chi connectivity index (χ2v) is 15.3. The highest BCUT2D eigenvalue weighted by atomic mass is 16.1. The van der Waals surface area contributed by atoms with Gasteiger partial charge >= 0.3 is 0 Å². The molecule has 0 bridgehead atoms. The Morgan fingerprint density at radius 2 is 1.48 bits per heavy atom. The number of hydrogen-bond donors (Lipinski definition) is 0. The Morgan fingerprint density at radius 3 is 2.33 bits per heavy atom. The molecule has 3 aliphatic carbocycles. The molecule has 0 saturated carbocycles. The minimum atomic E-state index is -0.104. The number of rotatable bonds is 5. The van der Waals surface area contributed by atoms with Crippen LogP contribution in [0.4, 0.5) is 0 Å². The van der Waals surface area contributed by atoms with Gasteiger partial charge in [0.1, 0.15) is 0 Å². The molecular formula is C50H39NO. The maximum absolute atomic E-state index is 12.4. The number of hydrogen-bond acceptors (Lipinski definition) is 1. The van der Waals surface area contributed by atoms with Gasteiger partial charge in [-0.1, -0.05) is 148 Å². The number of carbonyl (C=O) groups is 1. The summed E-state index contributed by atoms with van der Waals surface area (Å²) in [5.41, 5.74) is 15.5. The molecule has 6 aromatic carbocycles. The Hall–Kier alpha value is -5.99. The fourth-order valence-electron chi connectivity index (χ4n) is 9.62. The topological polar surface area (TPSA) is 22.0 Å². The first kappa shape index (κ1) is 30.8. The predicted octanol–water partition coefficient (Wildman–Crippen LogP) is 13.0. The molecule has 1 atom stereocenters. The normalized spacial score (nSPS) is 18.7. The largest absolute Gasteiger partial charge is 0.312 e. The fourth-order valence-corrected chi connectivity index (χ4v) is 9.62. The molecule has 7 aromatic rings. The lowest BCUT2D eigenvalue weighted by Crippen LogP contribution is -2.37. The van der Waals surface area contributed by atoms with Crippen LogP contribution in [0.1, 0.15) is 55.1 Å². The smallest absolute Gasteiger partial charge is 0.150 e. The van der Waals surface area contributed by atoms with Crippen molar-refractivity contribution in [3.8, 4) is 22.3 Å². The van der Waals surface area contributed by atoms with E-state index in [0.29, 0.717) is 5.56 Å². The van der Waals surface area contributed by atoms with Crippen LogP contribution in [0, 0.1) is 5.41 Å². The molecule has 0 saturated heterocycles. The quantitative estimate of drug-likeness (QED) is 0.167. The first-order chi connectivity index (χ1) is 25.4. The molecular weight excluding hydrogens is 631 g/mol. The molecule has 1 heterocycles. The number of aldehydes is 1. The van der Waals surface area contributed by atoms with Crippen molar-refractivity contribution in [1.29, 1.82) is 0 Å². The minimum absolute atomic E-state index is 0.0750. The second-order valence-electron chi connectivity index (χ2n) is 15.3. The summed E-state index contributed by atoms with van der Waals surface area (Å²) in [6.45, 7) is 7.15. The third-order valence-corrected chi connectivity index (χ3v) is 12.3. The summed E-state index contributed by atoms with van der Waals surface area (Å²) in [6, 6.07) is 45.7. The van der Waals surface area contributed by atoms with Crippen LogP contribution in [-0.4, -0.2) is 10.9 Å². The summed E-state index contributed by atoms with van der Waals surface area (Å²) in [5, 5.41) is 4.95. The number of fused-ring (bicyclic) bond motifs is 7. The van der Waals surface area contributed by atoms with Crippen molar-refractivity contribution in [2.75, 3.05) is 0 Å². The van der Waals surface area contributed by atoms with Crippen LogP contribution >= 0.6 is 0 Å². The minimum Gasteiger partial charge on any atom is -0.312 e. The average Bonchev–Trinajstić information content (AvgIpc) is 3.54. The van der Waals surface area contributed by atoms with E-state index in [0.717, 1.165) is 41.4 Å². The number of aromatic nitrogens is 1. The molecule has 10 rings (SSSR count). The van der Waals surface area contributed by atoms with Crippen LogP contribution in [0.15, 0.2) is 163 Å². The van der Waals surface area contributed by atoms with Gasteiger partial charge in [0.15, 0.2) is 6.29 Å². The number of allylic oxidation sites excluding steroid dienone is 8. The van der Waals surface area contributed by atoms with E-state index in [-0.39, 0.29) is 10.8 Å². The predicted molar refractivity (Wildman–Crippen MR) is 218 cm³/mol. The average molecular weight is 670 g/mol. The third-order valence-electron chi connectivity index (χ3n) is 12.3. The lowest BCUT2D eigenvalue weighted by molar-refractivity contribution is 0.112. The maximum atomic E-state index is 12.4. The SMILES string of the molecule is CCC12C=CC=C3C1=C(C=C(n1c4ccc(-c5ccc(-c6ccccc6)c(C=O)c5)cc4c4ccc5ccccc5c41)C2)c1ccccc1C3(C)C. The van der Waals surface area contributed by atoms with Crippen LogP contribution in [0.25, 0.3) is 66.1 Å². The summed E-state index contributed by atoms with van der Waals surface area (Å²) < 4.78 is 2.57. The van der Waals surface area contributed by atoms with Gasteiger partial charge in [0.05, 0.1) is 11.0 Å². The van der Waals surface area contributed by atoms with Gasteiger partial charge in [-0.15, -0.1) is 0 Å². The molecule has 1 unspecified atom stereocenters. The van der Waals surface area contributed by atoms with Crippen LogP contribution in [0.5, 0.6) is 0 Å². The van der Waals surface area contributed by atoms with E-state index in [1.807, 2.05) is 24.3 Å². The zero-order chi connectivity index (χ0) is 35.2. The monoisotopic (exact) mass is 669 g/mol. The molecule has 250 valence electrons. The molecule has 2 heteroatoms. The lowest BCUT2D eigenvalue weighted by Gasteiger charge is -2.49. The van der Waals surface area contributed by atoms with Crippen LogP contribution in [0.2, 0.25) is 0 Å². The van der Waals surface area contributed by atoms with E-state index in [9.17, 15) is 4.79 Å². The first-order valence-electron chi connectivity index (χ1n) is 18.5. The molecule has 3 aliphatic rings. The molecule has 0 amide bonds. The van der Waals surface area contributed by atoms with Crippen LogP contribution in [-0.2, 0) is 5.41 Å². The van der Waals surface area contributed by atoms with E-state index < -0.39 is 0 Å². The van der Waals surface area contributed by atoms with Gasteiger partial charge in [-0.2, -0.15) is 0 Å². The summed E-state index contributed by atoms with van der Waals surface area (Å²) >= 11 is 0. The Morgan fingerprint density at radius 1 is 0.712 bits per heavy atom. The van der Waals surface area contributed by atoms with Gasteiger partial charge in [0.2, 0.25) is 0 Å². The second kappa shape index (κ2) is 11.3. The fraction of sp³-hybridized carbons (Fsp3) is 0.140. The van der Waals surface area contributed by atoms with Crippen molar-refractivity contribution in [2.24, 2.45) is 5.41 Å². The van der Waals surface area contributed by atoms with Crippen LogP contribution in [0.3, 0.4) is 0 Å². The highest BCUT2D eigenvalue weighted by Gasteiger charge is 2.47. The van der Waals surface area contributed by atoms with Crippen molar-refractivity contribution in [3.05, 3.63) is 180 Å². The van der Waals surface area contributed by atoms with Crippen molar-refractivity contribution in [3.63, 3.8) is 0 Å². The molecule has 0 radical (unpaired) electrons. The zero-order valence-electron chi connectivity index (χ0n) is 29.8. The van der Waals surface area contributed by atoms with E-state index in [4.69, 9.17) is 0 Å². The van der Waals surface area contributed by atoms with Crippen molar-refractivity contribution >= 4 is 50.1 Å². The molecule has 0 aliphatic heterocycles. The lowest BCUT2D eigenvalue weighted by atomic mass is 9.55. The summed E-state index contributed by atoms with van der Waals surface area (Å²) in [4.78, 5) is 12.4. The highest BCUT2D eigenvalue weighted by molar-refractivity contribution is 6.20. The summed E-state index contributed by atoms with van der Waals surface area (Å²) in [6.07, 6.45) is 12.6. The van der Waals surface area contributed by atoms with Gasteiger partial charge < -0.3 is 4.57 Å². The Kier molecular flexibility index (Phi) is 6.67. The summed E-state index contributed by atoms with van der Waals surface area (Å²) in [5.74, 6) is 0. The molecule has 2 nitrogen and oxygen atoms in total. The van der Waals surface area contributed by atoms with Gasteiger partial charge in [-0.05, 0) is 86.2 Å². The number of nitrogens with zero attached hydrogens (tertiary/aromatic N) is 1. The highest BCUT2D eigenvalue weighted by Crippen LogP contribution is 2.60. The van der Waals surface area contributed by atoms with E-state index >= 15 is 0 Å². The Balaban J connectivity index is 1.23. The number of benzene rings is 6.